The van der Waals surface area contributed by atoms with Crippen molar-refractivity contribution in [3.63, 3.8) is 0 Å². The van der Waals surface area contributed by atoms with Gasteiger partial charge in [0.15, 0.2) is 0 Å². The van der Waals surface area contributed by atoms with Crippen LogP contribution < -0.4 is 15.4 Å². The monoisotopic (exact) mass is 266 g/mol. The molecule has 0 aliphatic carbocycles. The van der Waals surface area contributed by atoms with Gasteiger partial charge in [-0.2, -0.15) is 0 Å². The molecule has 1 aromatic rings. The highest BCUT2D eigenvalue weighted by molar-refractivity contribution is 5.75. The fraction of sp³-hybridized carbons (Fsp3) is 0.500. The summed E-state index contributed by atoms with van der Waals surface area (Å²) in [7, 11) is 1.61. The van der Waals surface area contributed by atoms with E-state index in [0.29, 0.717) is 32.7 Å². The summed E-state index contributed by atoms with van der Waals surface area (Å²) >= 11 is 0. The minimum Gasteiger partial charge on any atom is -0.492 e. The fourth-order valence-electron chi connectivity index (χ4n) is 1.47. The van der Waals surface area contributed by atoms with E-state index in [1.54, 1.807) is 7.11 Å². The molecule has 1 amide bonds. The molecule has 2 N–H and O–H groups in total. The smallest absolute Gasteiger partial charge is 0.221 e. The first kappa shape index (κ1) is 15.5. The summed E-state index contributed by atoms with van der Waals surface area (Å²) in [6.45, 7) is 3.07. The van der Waals surface area contributed by atoms with Crippen LogP contribution in [0.5, 0.6) is 5.75 Å². The molecule has 106 valence electrons. The lowest BCUT2D eigenvalue weighted by molar-refractivity contribution is -0.121. The van der Waals surface area contributed by atoms with Gasteiger partial charge in [0.2, 0.25) is 5.91 Å². The molecule has 0 atom stereocenters. The molecule has 0 aromatic heterocycles. The predicted molar refractivity (Wildman–Crippen MR) is 74.3 cm³/mol. The van der Waals surface area contributed by atoms with E-state index < -0.39 is 0 Å². The van der Waals surface area contributed by atoms with Gasteiger partial charge in [-0.15, -0.1) is 0 Å². The Kier molecular flexibility index (Phi) is 8.42. The van der Waals surface area contributed by atoms with Crippen LogP contribution in [-0.4, -0.2) is 45.9 Å². The van der Waals surface area contributed by atoms with Crippen LogP contribution in [0, 0.1) is 0 Å². The van der Waals surface area contributed by atoms with Crippen molar-refractivity contribution in [1.29, 1.82) is 0 Å². The normalized spacial score (nSPS) is 10.2. The van der Waals surface area contributed by atoms with E-state index in [2.05, 4.69) is 10.6 Å². The lowest BCUT2D eigenvalue weighted by atomic mass is 10.3. The van der Waals surface area contributed by atoms with Crippen LogP contribution in [0.1, 0.15) is 6.42 Å². The Bertz CT molecular complexity index is 344. The number of hydrogen-bond donors (Lipinski definition) is 2. The molecule has 1 rings (SSSR count). The molecule has 0 heterocycles. The summed E-state index contributed by atoms with van der Waals surface area (Å²) in [6, 6.07) is 9.67. The summed E-state index contributed by atoms with van der Waals surface area (Å²) in [5, 5.41) is 5.93. The number of rotatable bonds is 10. The Labute approximate surface area is 114 Å². The van der Waals surface area contributed by atoms with Crippen molar-refractivity contribution < 1.29 is 14.3 Å². The zero-order chi connectivity index (χ0) is 13.8. The topological polar surface area (TPSA) is 59.6 Å². The Morgan fingerprint density at radius 3 is 2.63 bits per heavy atom. The van der Waals surface area contributed by atoms with Crippen LogP contribution in [0.15, 0.2) is 30.3 Å². The van der Waals surface area contributed by atoms with Gasteiger partial charge < -0.3 is 20.1 Å². The zero-order valence-corrected chi connectivity index (χ0v) is 11.4. The molecule has 19 heavy (non-hydrogen) atoms. The Morgan fingerprint density at radius 2 is 1.89 bits per heavy atom. The minimum atomic E-state index is 0.0357. The van der Waals surface area contributed by atoms with Gasteiger partial charge in [0.05, 0.1) is 6.61 Å². The average Bonchev–Trinajstić information content (AvgIpc) is 2.44. The summed E-state index contributed by atoms with van der Waals surface area (Å²) in [5.41, 5.74) is 0. The van der Waals surface area contributed by atoms with E-state index in [1.165, 1.54) is 0 Å². The number of carbonyl (C=O) groups is 1. The zero-order valence-electron chi connectivity index (χ0n) is 11.4. The molecule has 1 aromatic carbocycles. The van der Waals surface area contributed by atoms with E-state index in [1.807, 2.05) is 30.3 Å². The van der Waals surface area contributed by atoms with E-state index in [9.17, 15) is 4.79 Å². The van der Waals surface area contributed by atoms with Crippen molar-refractivity contribution in [3.8, 4) is 5.75 Å². The number of amides is 1. The Morgan fingerprint density at radius 1 is 1.11 bits per heavy atom. The molecule has 0 saturated carbocycles. The molecule has 0 aliphatic heterocycles. The summed E-state index contributed by atoms with van der Waals surface area (Å²) in [4.78, 5) is 11.3. The van der Waals surface area contributed by atoms with Gasteiger partial charge in [0.1, 0.15) is 12.4 Å². The maximum absolute atomic E-state index is 11.3. The molecule has 0 saturated heterocycles. The van der Waals surface area contributed by atoms with Gasteiger partial charge >= 0.3 is 0 Å². The number of nitrogens with one attached hydrogen (secondary N) is 2. The van der Waals surface area contributed by atoms with Crippen LogP contribution in [0.25, 0.3) is 0 Å². The summed E-state index contributed by atoms with van der Waals surface area (Å²) in [6.07, 6.45) is 0.467. The predicted octanol–water partition coefficient (Wildman–Crippen LogP) is 0.808. The number of benzene rings is 1. The van der Waals surface area contributed by atoms with Crippen molar-refractivity contribution in [3.05, 3.63) is 30.3 Å². The third-order valence-corrected chi connectivity index (χ3v) is 2.45. The molecular formula is C14H22N2O3. The SMILES string of the molecule is COCCNC(=O)CCNCCOc1ccccc1. The lowest BCUT2D eigenvalue weighted by Crippen LogP contribution is -2.31. The third kappa shape index (κ3) is 8.18. The summed E-state index contributed by atoms with van der Waals surface area (Å²) < 4.78 is 10.4. The van der Waals surface area contributed by atoms with Crippen LogP contribution in [-0.2, 0) is 9.53 Å². The Hall–Kier alpha value is -1.59. The number of para-hydroxylation sites is 1. The molecular weight excluding hydrogens is 244 g/mol. The molecule has 5 heteroatoms. The number of methoxy groups -OCH3 is 1. The Balaban J connectivity index is 1.92. The minimum absolute atomic E-state index is 0.0357. The molecule has 0 spiro atoms. The third-order valence-electron chi connectivity index (χ3n) is 2.45. The van der Waals surface area contributed by atoms with Crippen LogP contribution in [0.3, 0.4) is 0 Å². The first-order valence-corrected chi connectivity index (χ1v) is 6.47. The molecule has 5 nitrogen and oxygen atoms in total. The standard InChI is InChI=1S/C14H22N2O3/c1-18-11-10-16-14(17)7-8-15-9-12-19-13-5-3-2-4-6-13/h2-6,15H,7-12H2,1H3,(H,16,17). The average molecular weight is 266 g/mol. The maximum Gasteiger partial charge on any atom is 0.221 e. The van der Waals surface area contributed by atoms with Gasteiger partial charge in [-0.1, -0.05) is 18.2 Å². The molecule has 0 bridgehead atoms. The van der Waals surface area contributed by atoms with Gasteiger partial charge in [0.25, 0.3) is 0 Å². The van der Waals surface area contributed by atoms with Crippen LogP contribution >= 0.6 is 0 Å². The van der Waals surface area contributed by atoms with Crippen LogP contribution in [0.2, 0.25) is 0 Å². The van der Waals surface area contributed by atoms with Crippen LogP contribution in [0.4, 0.5) is 0 Å². The first-order valence-electron chi connectivity index (χ1n) is 6.47. The van der Waals surface area contributed by atoms with Crippen molar-refractivity contribution in [2.45, 2.75) is 6.42 Å². The highest BCUT2D eigenvalue weighted by Gasteiger charge is 1.99. The van der Waals surface area contributed by atoms with Crippen molar-refractivity contribution in [2.24, 2.45) is 0 Å². The molecule has 0 radical (unpaired) electrons. The van der Waals surface area contributed by atoms with E-state index >= 15 is 0 Å². The van der Waals surface area contributed by atoms with Gasteiger partial charge in [-0.25, -0.2) is 0 Å². The summed E-state index contributed by atoms with van der Waals surface area (Å²) in [5.74, 6) is 0.898. The fourth-order valence-corrected chi connectivity index (χ4v) is 1.47. The second kappa shape index (κ2) is 10.3. The van der Waals surface area contributed by atoms with Crippen molar-refractivity contribution in [2.75, 3.05) is 40.0 Å². The van der Waals surface area contributed by atoms with Crippen molar-refractivity contribution in [1.82, 2.24) is 10.6 Å². The lowest BCUT2D eigenvalue weighted by Gasteiger charge is -2.07. The van der Waals surface area contributed by atoms with Gasteiger partial charge in [-0.05, 0) is 12.1 Å². The highest BCUT2D eigenvalue weighted by Crippen LogP contribution is 2.07. The van der Waals surface area contributed by atoms with E-state index in [0.717, 1.165) is 12.3 Å². The quantitative estimate of drug-likeness (QED) is 0.615. The second-order valence-electron chi connectivity index (χ2n) is 4.00. The van der Waals surface area contributed by atoms with Gasteiger partial charge in [-0.3, -0.25) is 4.79 Å². The van der Waals surface area contributed by atoms with Gasteiger partial charge in [0, 0.05) is 33.2 Å². The second-order valence-corrected chi connectivity index (χ2v) is 4.00. The molecule has 0 aliphatic rings. The van der Waals surface area contributed by atoms with E-state index in [4.69, 9.17) is 9.47 Å². The van der Waals surface area contributed by atoms with Crippen molar-refractivity contribution >= 4 is 5.91 Å². The number of ether oxygens (including phenoxy) is 2. The molecule has 0 fully saturated rings. The highest BCUT2D eigenvalue weighted by atomic mass is 16.5. The first-order chi connectivity index (χ1) is 9.33. The largest absolute Gasteiger partial charge is 0.492 e. The maximum atomic E-state index is 11.3. The number of carbonyl (C=O) groups excluding carboxylic acids is 1. The number of hydrogen-bond acceptors (Lipinski definition) is 4. The van der Waals surface area contributed by atoms with E-state index in [-0.39, 0.29) is 5.91 Å². The molecule has 0 unspecified atom stereocenters.